The predicted octanol–water partition coefficient (Wildman–Crippen LogP) is 2.13. The molecule has 2 N–H and O–H groups in total. The van der Waals surface area contributed by atoms with Gasteiger partial charge >= 0.3 is 0 Å². The summed E-state index contributed by atoms with van der Waals surface area (Å²) in [5, 5.41) is 13.0. The number of carbonyl (C=O) groups is 1. The molecule has 2 rings (SSSR count). The first-order chi connectivity index (χ1) is 10.6. The minimum absolute atomic E-state index is 0.0616. The molecule has 0 radical (unpaired) electrons. The largest absolute Gasteiger partial charge is 0.396 e. The van der Waals surface area contributed by atoms with Crippen molar-refractivity contribution in [2.24, 2.45) is 5.41 Å². The molecule has 0 saturated heterocycles. The Labute approximate surface area is 133 Å². The van der Waals surface area contributed by atoms with Gasteiger partial charge in [0.2, 0.25) is 0 Å². The molecule has 6 nitrogen and oxygen atoms in total. The maximum atomic E-state index is 12.2. The van der Waals surface area contributed by atoms with Crippen LogP contribution in [0, 0.1) is 5.41 Å². The summed E-state index contributed by atoms with van der Waals surface area (Å²) in [7, 11) is 0. The molecule has 118 valence electrons. The van der Waals surface area contributed by atoms with Crippen molar-refractivity contribution < 1.29 is 9.90 Å². The van der Waals surface area contributed by atoms with Crippen LogP contribution in [0.3, 0.4) is 0 Å². The van der Waals surface area contributed by atoms with Crippen molar-refractivity contribution in [3.63, 3.8) is 0 Å². The maximum absolute atomic E-state index is 12.2. The van der Waals surface area contributed by atoms with Crippen LogP contribution in [-0.2, 0) is 0 Å². The van der Waals surface area contributed by atoms with E-state index in [-0.39, 0.29) is 17.9 Å². The van der Waals surface area contributed by atoms with Gasteiger partial charge in [0.1, 0.15) is 4.88 Å². The number of thiazole rings is 1. The summed E-state index contributed by atoms with van der Waals surface area (Å²) in [5.74, 6) is 0.331. The fourth-order valence-electron chi connectivity index (χ4n) is 2.03. The zero-order valence-corrected chi connectivity index (χ0v) is 13.6. The zero-order chi connectivity index (χ0) is 16.0. The molecule has 0 aliphatic heterocycles. The lowest BCUT2D eigenvalue weighted by Gasteiger charge is -2.29. The summed E-state index contributed by atoms with van der Waals surface area (Å²) in [6.07, 6.45) is 6.44. The monoisotopic (exact) mass is 320 g/mol. The van der Waals surface area contributed by atoms with E-state index >= 15 is 0 Å². The van der Waals surface area contributed by atoms with E-state index in [0.717, 1.165) is 12.8 Å². The summed E-state index contributed by atoms with van der Waals surface area (Å²) < 4.78 is 0. The van der Waals surface area contributed by atoms with E-state index < -0.39 is 0 Å². The van der Waals surface area contributed by atoms with E-state index in [1.54, 1.807) is 18.5 Å². The maximum Gasteiger partial charge on any atom is 0.263 e. The van der Waals surface area contributed by atoms with Crippen molar-refractivity contribution in [1.82, 2.24) is 20.3 Å². The molecule has 0 aromatic carbocycles. The lowest BCUT2D eigenvalue weighted by Crippen LogP contribution is -2.39. The molecule has 22 heavy (non-hydrogen) atoms. The Morgan fingerprint density at radius 3 is 2.55 bits per heavy atom. The van der Waals surface area contributed by atoms with Gasteiger partial charge in [-0.1, -0.05) is 13.8 Å². The van der Waals surface area contributed by atoms with Gasteiger partial charge in [-0.25, -0.2) is 15.0 Å². The van der Waals surface area contributed by atoms with Gasteiger partial charge in [0.05, 0.1) is 12.8 Å². The molecule has 2 aromatic heterocycles. The van der Waals surface area contributed by atoms with Crippen LogP contribution in [0.2, 0.25) is 0 Å². The van der Waals surface area contributed by atoms with Crippen LogP contribution in [0.15, 0.2) is 24.7 Å². The molecule has 0 unspecified atom stereocenters. The second kappa shape index (κ2) is 7.42. The highest BCUT2D eigenvalue weighted by molar-refractivity contribution is 7.16. The van der Waals surface area contributed by atoms with Crippen LogP contribution in [-0.4, -0.2) is 39.1 Å². The first-order valence-corrected chi connectivity index (χ1v) is 8.08. The molecule has 0 fully saturated rings. The van der Waals surface area contributed by atoms with Gasteiger partial charge < -0.3 is 10.4 Å². The van der Waals surface area contributed by atoms with Crippen LogP contribution in [0.5, 0.6) is 0 Å². The van der Waals surface area contributed by atoms with Crippen LogP contribution in [0.25, 0.3) is 10.8 Å². The number of nitrogens with one attached hydrogen (secondary N) is 1. The van der Waals surface area contributed by atoms with E-state index in [1.165, 1.54) is 17.5 Å². The van der Waals surface area contributed by atoms with Gasteiger partial charge in [0.25, 0.3) is 5.91 Å². The Kier molecular flexibility index (Phi) is 5.57. The molecular weight excluding hydrogens is 300 g/mol. The van der Waals surface area contributed by atoms with E-state index in [1.807, 2.05) is 13.8 Å². The first kappa shape index (κ1) is 16.5. The third kappa shape index (κ3) is 3.66. The number of nitrogens with zero attached hydrogens (tertiary/aromatic N) is 3. The van der Waals surface area contributed by atoms with Gasteiger partial charge in [0, 0.05) is 24.4 Å². The molecule has 1 amide bonds. The zero-order valence-electron chi connectivity index (χ0n) is 12.7. The lowest BCUT2D eigenvalue weighted by atomic mass is 9.83. The number of aromatic nitrogens is 3. The average molecular weight is 320 g/mol. The van der Waals surface area contributed by atoms with Crippen molar-refractivity contribution in [1.29, 1.82) is 0 Å². The Morgan fingerprint density at radius 2 is 1.95 bits per heavy atom. The molecule has 0 aliphatic rings. The normalized spacial score (nSPS) is 11.4. The van der Waals surface area contributed by atoms with Crippen molar-refractivity contribution in [3.8, 4) is 10.8 Å². The molecule has 0 aliphatic carbocycles. The molecule has 0 spiro atoms. The second-order valence-corrected chi connectivity index (χ2v) is 6.18. The minimum atomic E-state index is -0.258. The Balaban J connectivity index is 2.04. The van der Waals surface area contributed by atoms with Gasteiger partial charge in [-0.2, -0.15) is 0 Å². The highest BCUT2D eigenvalue weighted by Crippen LogP contribution is 2.25. The van der Waals surface area contributed by atoms with Crippen molar-refractivity contribution in [2.75, 3.05) is 13.2 Å². The highest BCUT2D eigenvalue weighted by atomic mass is 32.1. The van der Waals surface area contributed by atoms with Gasteiger partial charge in [-0.15, -0.1) is 11.3 Å². The number of carbonyl (C=O) groups excluding carboxylic acids is 1. The van der Waals surface area contributed by atoms with Crippen molar-refractivity contribution in [3.05, 3.63) is 29.5 Å². The number of rotatable bonds is 7. The van der Waals surface area contributed by atoms with E-state index in [9.17, 15) is 9.90 Å². The Morgan fingerprint density at radius 1 is 1.27 bits per heavy atom. The molecular formula is C15H20N4O2S. The highest BCUT2D eigenvalue weighted by Gasteiger charge is 2.26. The predicted molar refractivity (Wildman–Crippen MR) is 85.6 cm³/mol. The molecule has 7 heteroatoms. The van der Waals surface area contributed by atoms with Gasteiger partial charge in [-0.3, -0.25) is 4.79 Å². The molecule has 0 bridgehead atoms. The SMILES string of the molecule is CCC(CC)(CO)CNC(=O)c1cnc(-c2ncccn2)s1. The molecule has 2 heterocycles. The summed E-state index contributed by atoms with van der Waals surface area (Å²) >= 11 is 1.26. The summed E-state index contributed by atoms with van der Waals surface area (Å²) in [6.45, 7) is 4.54. The third-order valence-electron chi connectivity index (χ3n) is 3.95. The van der Waals surface area contributed by atoms with E-state index in [0.29, 0.717) is 22.3 Å². The summed E-state index contributed by atoms with van der Waals surface area (Å²) in [6, 6.07) is 1.73. The summed E-state index contributed by atoms with van der Waals surface area (Å²) in [4.78, 5) is 25.2. The van der Waals surface area contributed by atoms with Gasteiger partial charge in [-0.05, 0) is 18.9 Å². The quantitative estimate of drug-likeness (QED) is 0.816. The minimum Gasteiger partial charge on any atom is -0.396 e. The Bertz CT molecular complexity index is 603. The fraction of sp³-hybridized carbons (Fsp3) is 0.467. The number of hydrogen-bond donors (Lipinski definition) is 2. The first-order valence-electron chi connectivity index (χ1n) is 7.26. The van der Waals surface area contributed by atoms with Crippen LogP contribution in [0.4, 0.5) is 0 Å². The summed E-state index contributed by atoms with van der Waals surface area (Å²) in [5.41, 5.74) is -0.258. The number of aliphatic hydroxyl groups excluding tert-OH is 1. The third-order valence-corrected chi connectivity index (χ3v) is 4.94. The number of hydrogen-bond acceptors (Lipinski definition) is 6. The standard InChI is InChI=1S/C15H20N4O2S/c1-3-15(4-2,10-20)9-19-13(21)11-8-18-14(22-11)12-16-6-5-7-17-12/h5-8,20H,3-4,9-10H2,1-2H3,(H,19,21). The Hall–Kier alpha value is -1.86. The second-order valence-electron chi connectivity index (χ2n) is 5.15. The molecule has 0 saturated carbocycles. The van der Waals surface area contributed by atoms with Gasteiger partial charge in [0.15, 0.2) is 10.8 Å². The van der Waals surface area contributed by atoms with Crippen LogP contribution < -0.4 is 5.32 Å². The van der Waals surface area contributed by atoms with E-state index in [4.69, 9.17) is 0 Å². The molecule has 0 atom stereocenters. The fourth-order valence-corrected chi connectivity index (χ4v) is 2.81. The molecule has 2 aromatic rings. The average Bonchev–Trinajstić information content (AvgIpc) is 3.07. The smallest absolute Gasteiger partial charge is 0.263 e. The van der Waals surface area contributed by atoms with Crippen molar-refractivity contribution in [2.45, 2.75) is 26.7 Å². The van der Waals surface area contributed by atoms with Crippen molar-refractivity contribution >= 4 is 17.2 Å². The van der Waals surface area contributed by atoms with E-state index in [2.05, 4.69) is 20.3 Å². The number of amides is 1. The number of aliphatic hydroxyl groups is 1. The lowest BCUT2D eigenvalue weighted by molar-refractivity contribution is 0.0854. The van der Waals surface area contributed by atoms with Crippen LogP contribution in [0.1, 0.15) is 36.4 Å². The topological polar surface area (TPSA) is 88.0 Å². The van der Waals surface area contributed by atoms with Crippen LogP contribution >= 0.6 is 11.3 Å².